The van der Waals surface area contributed by atoms with Crippen molar-refractivity contribution < 1.29 is 23.0 Å². The van der Waals surface area contributed by atoms with Crippen molar-refractivity contribution in [1.29, 1.82) is 5.26 Å². The van der Waals surface area contributed by atoms with E-state index in [0.717, 1.165) is 0 Å². The van der Waals surface area contributed by atoms with Crippen molar-refractivity contribution in [3.63, 3.8) is 0 Å². The first-order valence-corrected chi connectivity index (χ1v) is 11.3. The Kier molecular flexibility index (Phi) is 5.39. The summed E-state index contributed by atoms with van der Waals surface area (Å²) in [6.45, 7) is 2.48. The van der Waals surface area contributed by atoms with E-state index in [1.807, 2.05) is 13.0 Å². The zero-order chi connectivity index (χ0) is 23.9. The van der Waals surface area contributed by atoms with Gasteiger partial charge in [0, 0.05) is 18.9 Å². The van der Waals surface area contributed by atoms with Gasteiger partial charge in [0.15, 0.2) is 0 Å². The topological polar surface area (TPSA) is 80.4 Å². The quantitative estimate of drug-likeness (QED) is 0.520. The van der Waals surface area contributed by atoms with E-state index < -0.39 is 23.5 Å². The standard InChI is InChI=1S/C25H24F2N4O3/c1-2-33-22-6-4-3-5-20(22)31-15-24(34-23(31)32)9-10-25(26,27)18(12-24)14-30-16-29-19-8-7-17(13-28)11-21(19)30/h3-8,11,16,18H,2,9-10,12,14-15H2,1H3/t18-,24-/m1/s1. The summed E-state index contributed by atoms with van der Waals surface area (Å²) < 4.78 is 43.2. The summed E-state index contributed by atoms with van der Waals surface area (Å²) in [7, 11) is 0. The third-order valence-electron chi connectivity index (χ3n) is 6.72. The first-order valence-electron chi connectivity index (χ1n) is 11.3. The molecule has 1 aliphatic carbocycles. The van der Waals surface area contributed by atoms with Crippen molar-refractivity contribution in [3.05, 3.63) is 54.4 Å². The third kappa shape index (κ3) is 3.83. The summed E-state index contributed by atoms with van der Waals surface area (Å²) in [5.74, 6) is -3.42. The van der Waals surface area contributed by atoms with Crippen LogP contribution in [0.5, 0.6) is 5.75 Å². The van der Waals surface area contributed by atoms with Crippen LogP contribution < -0.4 is 9.64 Å². The zero-order valence-corrected chi connectivity index (χ0v) is 18.7. The number of rotatable bonds is 5. The highest BCUT2D eigenvalue weighted by Gasteiger charge is 2.56. The molecule has 2 heterocycles. The van der Waals surface area contributed by atoms with Gasteiger partial charge in [0.2, 0.25) is 0 Å². The molecular weight excluding hydrogens is 442 g/mol. The molecule has 2 fully saturated rings. The number of fused-ring (bicyclic) bond motifs is 1. The maximum atomic E-state index is 15.1. The molecule has 7 nitrogen and oxygen atoms in total. The summed E-state index contributed by atoms with van der Waals surface area (Å²) in [4.78, 5) is 18.6. The van der Waals surface area contributed by atoms with Gasteiger partial charge in [-0.05, 0) is 50.1 Å². The van der Waals surface area contributed by atoms with Crippen LogP contribution in [0, 0.1) is 17.2 Å². The van der Waals surface area contributed by atoms with Gasteiger partial charge in [0.25, 0.3) is 5.92 Å². The number of aromatic nitrogens is 2. The molecule has 3 aromatic rings. The van der Waals surface area contributed by atoms with Crippen LogP contribution in [0.15, 0.2) is 48.8 Å². The van der Waals surface area contributed by atoms with Crippen LogP contribution in [0.3, 0.4) is 0 Å². The highest BCUT2D eigenvalue weighted by Crippen LogP contribution is 2.49. The Morgan fingerprint density at radius 3 is 2.88 bits per heavy atom. The lowest BCUT2D eigenvalue weighted by Gasteiger charge is -2.41. The molecule has 34 heavy (non-hydrogen) atoms. The number of benzene rings is 2. The number of anilines is 1. The fourth-order valence-corrected chi connectivity index (χ4v) is 5.01. The highest BCUT2D eigenvalue weighted by molar-refractivity contribution is 5.92. The van der Waals surface area contributed by atoms with Gasteiger partial charge < -0.3 is 14.0 Å². The van der Waals surface area contributed by atoms with Crippen LogP contribution >= 0.6 is 0 Å². The normalized spacial score (nSPS) is 23.8. The van der Waals surface area contributed by atoms with Crippen molar-refractivity contribution in [2.45, 2.75) is 44.3 Å². The molecule has 176 valence electrons. The van der Waals surface area contributed by atoms with Crippen molar-refractivity contribution in [2.24, 2.45) is 5.92 Å². The second kappa shape index (κ2) is 8.28. The molecule has 2 atom stereocenters. The Labute approximate surface area is 195 Å². The molecule has 2 aromatic carbocycles. The number of nitriles is 1. The van der Waals surface area contributed by atoms with E-state index in [9.17, 15) is 10.1 Å². The fourth-order valence-electron chi connectivity index (χ4n) is 5.01. The molecule has 0 radical (unpaired) electrons. The molecule has 0 bridgehead atoms. The number of hydrogen-bond donors (Lipinski definition) is 0. The number of halogens is 2. The number of para-hydroxylation sites is 2. The number of amides is 1. The third-order valence-corrected chi connectivity index (χ3v) is 6.72. The molecule has 2 aliphatic rings. The highest BCUT2D eigenvalue weighted by atomic mass is 19.3. The number of alkyl halides is 2. The van der Waals surface area contributed by atoms with E-state index in [-0.39, 0.29) is 32.4 Å². The molecule has 0 N–H and O–H groups in total. The van der Waals surface area contributed by atoms with Gasteiger partial charge in [-0.2, -0.15) is 5.26 Å². The van der Waals surface area contributed by atoms with Crippen LogP contribution in [0.2, 0.25) is 0 Å². The molecule has 1 aromatic heterocycles. The van der Waals surface area contributed by atoms with Gasteiger partial charge >= 0.3 is 6.09 Å². The zero-order valence-electron chi connectivity index (χ0n) is 18.7. The molecule has 1 spiro atoms. The van der Waals surface area contributed by atoms with E-state index in [1.54, 1.807) is 41.0 Å². The molecule has 1 amide bonds. The predicted octanol–water partition coefficient (Wildman–Crippen LogP) is 5.14. The van der Waals surface area contributed by atoms with E-state index in [0.29, 0.717) is 34.6 Å². The van der Waals surface area contributed by atoms with Crippen LogP contribution in [0.1, 0.15) is 31.7 Å². The largest absolute Gasteiger partial charge is 0.492 e. The number of nitrogens with zero attached hydrogens (tertiary/aromatic N) is 4. The SMILES string of the molecule is CCOc1ccccc1N1C[C@]2(CCC(F)(F)[C@@H](Cn3cnc4ccc(C#N)cc43)C2)OC1=O. The molecular formula is C25H24F2N4O3. The molecule has 1 aliphatic heterocycles. The lowest BCUT2D eigenvalue weighted by Crippen LogP contribution is -2.48. The van der Waals surface area contributed by atoms with E-state index >= 15 is 8.78 Å². The van der Waals surface area contributed by atoms with Gasteiger partial charge in [-0.25, -0.2) is 18.6 Å². The van der Waals surface area contributed by atoms with E-state index in [4.69, 9.17) is 9.47 Å². The number of carbonyl (C=O) groups is 1. The van der Waals surface area contributed by atoms with E-state index in [1.165, 1.54) is 11.2 Å². The molecule has 5 rings (SSSR count). The van der Waals surface area contributed by atoms with Crippen LogP contribution in [0.4, 0.5) is 19.3 Å². The van der Waals surface area contributed by atoms with Crippen molar-refractivity contribution in [1.82, 2.24) is 9.55 Å². The minimum absolute atomic E-state index is 0.00716. The Morgan fingerprint density at radius 2 is 2.09 bits per heavy atom. The maximum absolute atomic E-state index is 15.1. The monoisotopic (exact) mass is 466 g/mol. The summed E-state index contributed by atoms with van der Waals surface area (Å²) in [5, 5.41) is 9.20. The smallest absolute Gasteiger partial charge is 0.415 e. The van der Waals surface area contributed by atoms with Gasteiger partial charge in [0.1, 0.15) is 11.4 Å². The molecule has 1 saturated heterocycles. The molecule has 0 unspecified atom stereocenters. The summed E-state index contributed by atoms with van der Waals surface area (Å²) in [6, 6.07) is 14.2. The Morgan fingerprint density at radius 1 is 1.26 bits per heavy atom. The fraction of sp³-hybridized carbons (Fsp3) is 0.400. The second-order valence-electron chi connectivity index (χ2n) is 8.91. The van der Waals surface area contributed by atoms with Gasteiger partial charge in [0.05, 0.1) is 47.8 Å². The van der Waals surface area contributed by atoms with Crippen molar-refractivity contribution in [2.75, 3.05) is 18.1 Å². The number of imidazole rings is 1. The molecule has 9 heteroatoms. The first kappa shape index (κ1) is 22.1. The average Bonchev–Trinajstić information content (AvgIpc) is 3.37. The number of hydrogen-bond acceptors (Lipinski definition) is 5. The van der Waals surface area contributed by atoms with E-state index in [2.05, 4.69) is 11.1 Å². The molecule has 1 saturated carbocycles. The van der Waals surface area contributed by atoms with Gasteiger partial charge in [-0.1, -0.05) is 12.1 Å². The predicted molar refractivity (Wildman–Crippen MR) is 121 cm³/mol. The lowest BCUT2D eigenvalue weighted by molar-refractivity contribution is -0.139. The van der Waals surface area contributed by atoms with Gasteiger partial charge in [-0.15, -0.1) is 0 Å². The average molecular weight is 466 g/mol. The number of carbonyl (C=O) groups excluding carboxylic acids is 1. The summed E-state index contributed by atoms with van der Waals surface area (Å²) in [6.07, 6.45) is 0.703. The minimum atomic E-state index is -2.92. The lowest BCUT2D eigenvalue weighted by atomic mass is 9.75. The first-order chi connectivity index (χ1) is 16.3. The summed E-state index contributed by atoms with van der Waals surface area (Å²) >= 11 is 0. The minimum Gasteiger partial charge on any atom is -0.492 e. The number of ether oxygens (including phenoxy) is 2. The van der Waals surface area contributed by atoms with Crippen LogP contribution in [0.25, 0.3) is 11.0 Å². The van der Waals surface area contributed by atoms with Crippen LogP contribution in [-0.2, 0) is 11.3 Å². The summed E-state index contributed by atoms with van der Waals surface area (Å²) in [5.41, 5.74) is 1.28. The Balaban J connectivity index is 1.41. The van der Waals surface area contributed by atoms with Crippen LogP contribution in [-0.4, -0.2) is 40.3 Å². The van der Waals surface area contributed by atoms with Gasteiger partial charge in [-0.3, -0.25) is 4.90 Å². The maximum Gasteiger partial charge on any atom is 0.415 e. The van der Waals surface area contributed by atoms with Crippen molar-refractivity contribution >= 4 is 22.8 Å². The Bertz CT molecular complexity index is 1280. The Hall–Kier alpha value is -3.67. The van der Waals surface area contributed by atoms with Crippen molar-refractivity contribution in [3.8, 4) is 11.8 Å². The second-order valence-corrected chi connectivity index (χ2v) is 8.91.